The van der Waals surface area contributed by atoms with Crippen LogP contribution in [0.5, 0.6) is 0 Å². The van der Waals surface area contributed by atoms with Crippen LogP contribution in [0.2, 0.25) is 5.02 Å². The second-order valence-electron chi connectivity index (χ2n) is 6.07. The molecule has 0 bridgehead atoms. The summed E-state index contributed by atoms with van der Waals surface area (Å²) in [5, 5.41) is 5.69. The number of alkyl halides is 3. The van der Waals surface area contributed by atoms with Crippen molar-refractivity contribution in [3.05, 3.63) is 59.1 Å². The molecule has 136 valence electrons. The van der Waals surface area contributed by atoms with E-state index in [0.717, 1.165) is 24.3 Å². The second-order valence-corrected chi connectivity index (χ2v) is 6.51. The largest absolute Gasteiger partial charge is 0.416 e. The number of carbonyl (C=O) groups excluding carboxylic acids is 2. The van der Waals surface area contributed by atoms with Crippen molar-refractivity contribution >= 4 is 34.8 Å². The number of benzene rings is 2. The number of hydrogen-bond donors (Lipinski definition) is 2. The summed E-state index contributed by atoms with van der Waals surface area (Å²) in [5.41, 5.74) is -1.30. The van der Waals surface area contributed by atoms with Crippen molar-refractivity contribution in [3.8, 4) is 0 Å². The maximum Gasteiger partial charge on any atom is 0.416 e. The smallest absolute Gasteiger partial charge is 0.325 e. The number of carbonyl (C=O) groups is 2. The van der Waals surface area contributed by atoms with Crippen molar-refractivity contribution < 1.29 is 22.8 Å². The van der Waals surface area contributed by atoms with Gasteiger partial charge in [0.25, 0.3) is 0 Å². The van der Waals surface area contributed by atoms with Gasteiger partial charge in [0.05, 0.1) is 5.56 Å². The molecule has 3 rings (SSSR count). The van der Waals surface area contributed by atoms with Crippen LogP contribution in [0.25, 0.3) is 0 Å². The van der Waals surface area contributed by atoms with Gasteiger partial charge in [0, 0.05) is 16.4 Å². The molecule has 1 saturated carbocycles. The van der Waals surface area contributed by atoms with Crippen LogP contribution in [0, 0.1) is 5.41 Å². The first kappa shape index (κ1) is 18.3. The molecule has 2 amide bonds. The zero-order valence-electron chi connectivity index (χ0n) is 13.4. The molecule has 1 aliphatic rings. The molecule has 1 aliphatic carbocycles. The standard InChI is InChI=1S/C18H14ClF3N2O2/c19-12-3-7-14(8-4-12)24-16(26)17(9-10-17)15(25)23-13-5-1-11(2-6-13)18(20,21)22/h1-8H,9-10H2,(H,23,25)(H,24,26). The fourth-order valence-electron chi connectivity index (χ4n) is 2.46. The lowest BCUT2D eigenvalue weighted by atomic mass is 10.0. The fraction of sp³-hybridized carbons (Fsp3) is 0.222. The summed E-state index contributed by atoms with van der Waals surface area (Å²) >= 11 is 5.78. The maximum absolute atomic E-state index is 12.6. The summed E-state index contributed by atoms with van der Waals surface area (Å²) < 4.78 is 37.7. The fourth-order valence-corrected chi connectivity index (χ4v) is 2.59. The quantitative estimate of drug-likeness (QED) is 0.752. The van der Waals surface area contributed by atoms with E-state index in [-0.39, 0.29) is 5.69 Å². The van der Waals surface area contributed by atoms with Gasteiger partial charge in [-0.15, -0.1) is 0 Å². The summed E-state index contributed by atoms with van der Waals surface area (Å²) in [4.78, 5) is 24.9. The Morgan fingerprint density at radius 2 is 1.27 bits per heavy atom. The molecule has 0 atom stereocenters. The van der Waals surface area contributed by atoms with E-state index < -0.39 is 29.0 Å². The number of nitrogens with one attached hydrogen (secondary N) is 2. The Hall–Kier alpha value is -2.54. The normalized spacial score (nSPS) is 15.2. The van der Waals surface area contributed by atoms with E-state index in [4.69, 9.17) is 11.6 Å². The lowest BCUT2D eigenvalue weighted by Crippen LogP contribution is -2.35. The van der Waals surface area contributed by atoms with Gasteiger partial charge >= 0.3 is 6.18 Å². The molecule has 2 aromatic rings. The topological polar surface area (TPSA) is 58.2 Å². The number of anilines is 2. The van der Waals surface area contributed by atoms with Crippen LogP contribution in [0.1, 0.15) is 18.4 Å². The van der Waals surface area contributed by atoms with Crippen molar-refractivity contribution in [1.29, 1.82) is 0 Å². The molecule has 8 heteroatoms. The average Bonchev–Trinajstić information content (AvgIpc) is 3.38. The molecule has 2 N–H and O–H groups in total. The van der Waals surface area contributed by atoms with Gasteiger partial charge in [0.1, 0.15) is 5.41 Å². The summed E-state index contributed by atoms with van der Waals surface area (Å²) in [5.74, 6) is -0.993. The Kier molecular flexibility index (Phi) is 4.66. The molecular weight excluding hydrogens is 369 g/mol. The Balaban J connectivity index is 1.67. The lowest BCUT2D eigenvalue weighted by molar-refractivity contribution is -0.137. The van der Waals surface area contributed by atoms with Crippen molar-refractivity contribution in [3.63, 3.8) is 0 Å². The molecule has 0 radical (unpaired) electrons. The Labute approximate surface area is 152 Å². The first-order valence-electron chi connectivity index (χ1n) is 7.76. The molecule has 0 saturated heterocycles. The molecule has 0 heterocycles. The Morgan fingerprint density at radius 1 is 0.846 bits per heavy atom. The third-order valence-corrected chi connectivity index (χ3v) is 4.44. The van der Waals surface area contributed by atoms with Gasteiger partial charge in [-0.2, -0.15) is 13.2 Å². The molecule has 0 spiro atoms. The van der Waals surface area contributed by atoms with Gasteiger partial charge in [-0.3, -0.25) is 9.59 Å². The predicted octanol–water partition coefficient (Wildman–Crippen LogP) is 4.72. The van der Waals surface area contributed by atoms with Gasteiger partial charge in [0.2, 0.25) is 11.8 Å². The van der Waals surface area contributed by atoms with E-state index in [0.29, 0.717) is 23.6 Å². The molecule has 1 fully saturated rings. The number of halogens is 4. The van der Waals surface area contributed by atoms with Gasteiger partial charge in [0.15, 0.2) is 0 Å². The maximum atomic E-state index is 12.6. The van der Waals surface area contributed by atoms with E-state index in [1.807, 2.05) is 0 Å². The highest BCUT2D eigenvalue weighted by Crippen LogP contribution is 2.47. The number of hydrogen-bond acceptors (Lipinski definition) is 2. The van der Waals surface area contributed by atoms with Crippen molar-refractivity contribution in [2.75, 3.05) is 10.6 Å². The van der Waals surface area contributed by atoms with Gasteiger partial charge in [-0.25, -0.2) is 0 Å². The van der Waals surface area contributed by atoms with E-state index >= 15 is 0 Å². The highest BCUT2D eigenvalue weighted by Gasteiger charge is 2.56. The van der Waals surface area contributed by atoms with E-state index in [1.165, 1.54) is 0 Å². The van der Waals surface area contributed by atoms with Crippen LogP contribution >= 0.6 is 11.6 Å². The number of amides is 2. The van der Waals surface area contributed by atoms with Crippen LogP contribution in [0.4, 0.5) is 24.5 Å². The monoisotopic (exact) mass is 382 g/mol. The molecule has 0 aromatic heterocycles. The van der Waals surface area contributed by atoms with E-state index in [2.05, 4.69) is 10.6 Å². The second kappa shape index (κ2) is 6.64. The molecule has 26 heavy (non-hydrogen) atoms. The zero-order chi connectivity index (χ0) is 18.9. The lowest BCUT2D eigenvalue weighted by Gasteiger charge is -2.16. The van der Waals surface area contributed by atoms with Gasteiger partial charge < -0.3 is 10.6 Å². The van der Waals surface area contributed by atoms with Crippen LogP contribution in [-0.4, -0.2) is 11.8 Å². The minimum absolute atomic E-state index is 0.202. The van der Waals surface area contributed by atoms with Crippen LogP contribution < -0.4 is 10.6 Å². The third-order valence-electron chi connectivity index (χ3n) is 4.19. The Bertz CT molecular complexity index is 829. The highest BCUT2D eigenvalue weighted by atomic mass is 35.5. The highest BCUT2D eigenvalue weighted by molar-refractivity contribution is 6.30. The van der Waals surface area contributed by atoms with Gasteiger partial charge in [-0.1, -0.05) is 11.6 Å². The van der Waals surface area contributed by atoms with Crippen LogP contribution in [0.3, 0.4) is 0 Å². The first-order chi connectivity index (χ1) is 12.2. The minimum Gasteiger partial charge on any atom is -0.325 e. The molecule has 0 aliphatic heterocycles. The molecule has 4 nitrogen and oxygen atoms in total. The molecule has 2 aromatic carbocycles. The third kappa shape index (κ3) is 3.83. The summed E-state index contributed by atoms with van der Waals surface area (Å²) in [7, 11) is 0. The van der Waals surface area contributed by atoms with Crippen LogP contribution in [-0.2, 0) is 15.8 Å². The van der Waals surface area contributed by atoms with Crippen LogP contribution in [0.15, 0.2) is 48.5 Å². The van der Waals surface area contributed by atoms with Gasteiger partial charge in [-0.05, 0) is 61.4 Å². The minimum atomic E-state index is -4.45. The molecule has 0 unspecified atom stereocenters. The predicted molar refractivity (Wildman–Crippen MR) is 91.8 cm³/mol. The summed E-state index contributed by atoms with van der Waals surface area (Å²) in [6.45, 7) is 0. The SMILES string of the molecule is O=C(Nc1ccc(Cl)cc1)C1(C(=O)Nc2ccc(C(F)(F)F)cc2)CC1. The average molecular weight is 383 g/mol. The Morgan fingerprint density at radius 3 is 1.65 bits per heavy atom. The summed E-state index contributed by atoms with van der Waals surface area (Å²) in [6.07, 6.45) is -3.70. The molecular formula is C18H14ClF3N2O2. The van der Waals surface area contributed by atoms with Crippen molar-refractivity contribution in [2.24, 2.45) is 5.41 Å². The number of rotatable bonds is 4. The van der Waals surface area contributed by atoms with Crippen molar-refractivity contribution in [2.45, 2.75) is 19.0 Å². The van der Waals surface area contributed by atoms with Crippen molar-refractivity contribution in [1.82, 2.24) is 0 Å². The van der Waals surface area contributed by atoms with E-state index in [9.17, 15) is 22.8 Å². The first-order valence-corrected chi connectivity index (χ1v) is 8.14. The summed E-state index contributed by atoms with van der Waals surface area (Å²) in [6, 6.07) is 10.5. The van der Waals surface area contributed by atoms with E-state index in [1.54, 1.807) is 24.3 Å². The zero-order valence-corrected chi connectivity index (χ0v) is 14.1.